The van der Waals surface area contributed by atoms with Gasteiger partial charge in [0.25, 0.3) is 0 Å². The van der Waals surface area contributed by atoms with E-state index in [4.69, 9.17) is 4.74 Å². The van der Waals surface area contributed by atoms with Gasteiger partial charge in [0.1, 0.15) is 0 Å². The highest BCUT2D eigenvalue weighted by atomic mass is 32.1. The Morgan fingerprint density at radius 2 is 2.05 bits per heavy atom. The maximum absolute atomic E-state index is 9.73. The second-order valence-corrected chi connectivity index (χ2v) is 5.03. The fourth-order valence-electron chi connectivity index (χ4n) is 1.82. The van der Waals surface area contributed by atoms with Crippen molar-refractivity contribution in [2.75, 3.05) is 12.4 Å². The lowest BCUT2D eigenvalue weighted by Gasteiger charge is -2.06. The number of benzene rings is 2. The summed E-state index contributed by atoms with van der Waals surface area (Å²) >= 11 is 1.57. The second-order valence-electron chi connectivity index (χ2n) is 4.00. The Labute approximate surface area is 114 Å². The third-order valence-corrected chi connectivity index (χ3v) is 3.68. The molecule has 0 amide bonds. The first-order valence-corrected chi connectivity index (χ1v) is 6.57. The average molecular weight is 272 g/mol. The first-order valence-electron chi connectivity index (χ1n) is 5.76. The fourth-order valence-corrected chi connectivity index (χ4v) is 2.70. The van der Waals surface area contributed by atoms with Crippen molar-refractivity contribution < 1.29 is 9.84 Å². The maximum Gasteiger partial charge on any atom is 0.188 e. The molecule has 0 aliphatic carbocycles. The minimum absolute atomic E-state index is 0.105. The van der Waals surface area contributed by atoms with Gasteiger partial charge in [0.05, 0.1) is 17.3 Å². The van der Waals surface area contributed by atoms with Crippen molar-refractivity contribution in [3.05, 3.63) is 42.5 Å². The van der Waals surface area contributed by atoms with Gasteiger partial charge in [-0.1, -0.05) is 23.5 Å². The van der Waals surface area contributed by atoms with Crippen LogP contribution in [0.25, 0.3) is 10.2 Å². The zero-order chi connectivity index (χ0) is 13.2. The summed E-state index contributed by atoms with van der Waals surface area (Å²) in [4.78, 5) is 4.47. The lowest BCUT2D eigenvalue weighted by atomic mass is 10.3. The highest BCUT2D eigenvalue weighted by molar-refractivity contribution is 7.22. The van der Waals surface area contributed by atoms with Gasteiger partial charge in [0.2, 0.25) is 0 Å². The molecule has 3 rings (SSSR count). The Morgan fingerprint density at radius 1 is 1.21 bits per heavy atom. The zero-order valence-electron chi connectivity index (χ0n) is 10.3. The first-order chi connectivity index (χ1) is 9.26. The van der Waals surface area contributed by atoms with E-state index < -0.39 is 0 Å². The maximum atomic E-state index is 9.73. The molecule has 2 aromatic carbocycles. The second kappa shape index (κ2) is 4.78. The molecule has 19 heavy (non-hydrogen) atoms. The van der Waals surface area contributed by atoms with Gasteiger partial charge in [-0.05, 0) is 24.3 Å². The predicted molar refractivity (Wildman–Crippen MR) is 77.6 cm³/mol. The molecule has 0 spiro atoms. The van der Waals surface area contributed by atoms with Gasteiger partial charge < -0.3 is 15.2 Å². The van der Waals surface area contributed by atoms with Gasteiger partial charge in [-0.3, -0.25) is 0 Å². The van der Waals surface area contributed by atoms with E-state index in [1.165, 1.54) is 7.11 Å². The molecule has 2 N–H and O–H groups in total. The number of methoxy groups -OCH3 is 1. The summed E-state index contributed by atoms with van der Waals surface area (Å²) in [5, 5.41) is 13.7. The molecule has 0 saturated heterocycles. The Kier molecular flexibility index (Phi) is 2.97. The van der Waals surface area contributed by atoms with Gasteiger partial charge >= 0.3 is 0 Å². The van der Waals surface area contributed by atoms with Gasteiger partial charge in [-0.25, -0.2) is 4.98 Å². The van der Waals surface area contributed by atoms with Crippen LogP contribution in [0.15, 0.2) is 42.5 Å². The lowest BCUT2D eigenvalue weighted by molar-refractivity contribution is 0.373. The minimum atomic E-state index is 0.105. The molecule has 0 radical (unpaired) electrons. The molecule has 96 valence electrons. The van der Waals surface area contributed by atoms with E-state index in [0.717, 1.165) is 21.0 Å². The summed E-state index contributed by atoms with van der Waals surface area (Å²) in [7, 11) is 1.52. The third-order valence-electron chi connectivity index (χ3n) is 2.72. The van der Waals surface area contributed by atoms with E-state index in [1.54, 1.807) is 23.5 Å². The number of phenolic OH excluding ortho intramolecular Hbond substituents is 1. The zero-order valence-corrected chi connectivity index (χ0v) is 11.1. The van der Waals surface area contributed by atoms with Gasteiger partial charge in [-0.15, -0.1) is 0 Å². The van der Waals surface area contributed by atoms with Crippen molar-refractivity contribution in [3.8, 4) is 11.5 Å². The summed E-state index contributed by atoms with van der Waals surface area (Å²) < 4.78 is 6.13. The fraction of sp³-hybridized carbons (Fsp3) is 0.0714. The van der Waals surface area contributed by atoms with E-state index in [0.29, 0.717) is 5.75 Å². The average Bonchev–Trinajstić information content (AvgIpc) is 2.81. The summed E-state index contributed by atoms with van der Waals surface area (Å²) in [6.07, 6.45) is 0. The van der Waals surface area contributed by atoms with E-state index in [1.807, 2.05) is 30.3 Å². The molecule has 0 aliphatic rings. The van der Waals surface area contributed by atoms with Crippen LogP contribution in [0, 0.1) is 0 Å². The number of nitrogens with zero attached hydrogens (tertiary/aromatic N) is 1. The van der Waals surface area contributed by atoms with Crippen LogP contribution in [0.5, 0.6) is 11.5 Å². The van der Waals surface area contributed by atoms with Crippen LogP contribution in [0.4, 0.5) is 10.8 Å². The smallest absolute Gasteiger partial charge is 0.188 e. The van der Waals surface area contributed by atoms with Crippen LogP contribution in [-0.4, -0.2) is 17.2 Å². The van der Waals surface area contributed by atoms with E-state index in [9.17, 15) is 5.11 Å². The quantitative estimate of drug-likeness (QED) is 0.762. The number of hydrogen-bond acceptors (Lipinski definition) is 5. The highest BCUT2D eigenvalue weighted by Crippen LogP contribution is 2.32. The number of anilines is 2. The molecule has 0 bridgehead atoms. The number of hydrogen-bond donors (Lipinski definition) is 2. The van der Waals surface area contributed by atoms with Crippen LogP contribution in [0.2, 0.25) is 0 Å². The number of rotatable bonds is 3. The number of ether oxygens (including phenoxy) is 1. The van der Waals surface area contributed by atoms with Crippen molar-refractivity contribution >= 4 is 32.4 Å². The Hall–Kier alpha value is -2.27. The summed E-state index contributed by atoms with van der Waals surface area (Å²) in [6, 6.07) is 13.1. The molecule has 4 nitrogen and oxygen atoms in total. The van der Waals surface area contributed by atoms with Gasteiger partial charge in [-0.2, -0.15) is 0 Å². The number of phenols is 1. The van der Waals surface area contributed by atoms with E-state index in [2.05, 4.69) is 10.3 Å². The monoisotopic (exact) mass is 272 g/mol. The number of thiazole rings is 1. The minimum Gasteiger partial charge on any atom is -0.504 e. The highest BCUT2D eigenvalue weighted by Gasteiger charge is 2.06. The Morgan fingerprint density at radius 3 is 2.79 bits per heavy atom. The normalized spacial score (nSPS) is 10.6. The van der Waals surface area contributed by atoms with Crippen LogP contribution in [0.3, 0.4) is 0 Å². The van der Waals surface area contributed by atoms with Gasteiger partial charge in [0, 0.05) is 11.8 Å². The molecule has 0 atom stereocenters. The molecule has 1 aromatic heterocycles. The molecular formula is C14H12N2O2S. The first kappa shape index (κ1) is 11.8. The molecule has 0 saturated carbocycles. The summed E-state index contributed by atoms with van der Waals surface area (Å²) in [6.45, 7) is 0. The number of para-hydroxylation sites is 1. The predicted octanol–water partition coefficient (Wildman–Crippen LogP) is 3.75. The van der Waals surface area contributed by atoms with Crippen LogP contribution >= 0.6 is 11.3 Å². The SMILES string of the molecule is COc1ccc(Nc2nc3ccccc3s2)cc1O. The molecule has 3 aromatic rings. The molecule has 0 aliphatic heterocycles. The number of aromatic hydroxyl groups is 1. The number of aromatic nitrogens is 1. The Bertz CT molecular complexity index is 691. The van der Waals surface area contributed by atoms with E-state index >= 15 is 0 Å². The van der Waals surface area contributed by atoms with Crippen LogP contribution < -0.4 is 10.1 Å². The summed E-state index contributed by atoms with van der Waals surface area (Å²) in [5.41, 5.74) is 1.74. The largest absolute Gasteiger partial charge is 0.504 e. The number of nitrogens with one attached hydrogen (secondary N) is 1. The van der Waals surface area contributed by atoms with E-state index in [-0.39, 0.29) is 5.75 Å². The Balaban J connectivity index is 1.90. The standard InChI is InChI=1S/C14H12N2O2S/c1-18-12-7-6-9(8-11(12)17)15-14-16-10-4-2-3-5-13(10)19-14/h2-8,17H,1H3,(H,15,16). The topological polar surface area (TPSA) is 54.4 Å². The molecule has 5 heteroatoms. The molecule has 1 heterocycles. The van der Waals surface area contributed by atoms with Crippen molar-refractivity contribution in [1.29, 1.82) is 0 Å². The summed E-state index contributed by atoms with van der Waals surface area (Å²) in [5.74, 6) is 0.559. The van der Waals surface area contributed by atoms with Crippen LogP contribution in [0.1, 0.15) is 0 Å². The van der Waals surface area contributed by atoms with Crippen molar-refractivity contribution in [2.24, 2.45) is 0 Å². The van der Waals surface area contributed by atoms with Crippen LogP contribution in [-0.2, 0) is 0 Å². The van der Waals surface area contributed by atoms with Crippen molar-refractivity contribution in [2.45, 2.75) is 0 Å². The lowest BCUT2D eigenvalue weighted by Crippen LogP contribution is -1.90. The number of fused-ring (bicyclic) bond motifs is 1. The molecular weight excluding hydrogens is 260 g/mol. The molecule has 0 fully saturated rings. The van der Waals surface area contributed by atoms with Gasteiger partial charge in [0.15, 0.2) is 16.6 Å². The van der Waals surface area contributed by atoms with Crippen molar-refractivity contribution in [1.82, 2.24) is 4.98 Å². The van der Waals surface area contributed by atoms with Crippen molar-refractivity contribution in [3.63, 3.8) is 0 Å². The molecule has 0 unspecified atom stereocenters. The third kappa shape index (κ3) is 2.32.